The van der Waals surface area contributed by atoms with E-state index in [-0.39, 0.29) is 5.92 Å². The van der Waals surface area contributed by atoms with Crippen molar-refractivity contribution in [2.45, 2.75) is 44.6 Å². The predicted octanol–water partition coefficient (Wildman–Crippen LogP) is 1.52. The summed E-state index contributed by atoms with van der Waals surface area (Å²) in [5, 5.41) is 10.5. The molecule has 0 aromatic rings. The molecule has 2 nitrogen and oxygen atoms in total. The third kappa shape index (κ3) is 1.40. The zero-order valence-electron chi connectivity index (χ0n) is 8.50. The molecule has 13 heavy (non-hydrogen) atoms. The molecule has 0 spiro atoms. The number of aliphatic hydroxyl groups is 1. The van der Waals surface area contributed by atoms with E-state index in [1.165, 1.54) is 25.7 Å². The number of nitrogens with two attached hydrogens (primary N) is 1. The molecule has 0 heterocycles. The van der Waals surface area contributed by atoms with E-state index in [1.807, 2.05) is 0 Å². The van der Waals surface area contributed by atoms with Gasteiger partial charge < -0.3 is 10.8 Å². The predicted molar refractivity (Wildman–Crippen MR) is 53.2 cm³/mol. The smallest absolute Gasteiger partial charge is 0.0715 e. The first-order chi connectivity index (χ1) is 6.16. The van der Waals surface area contributed by atoms with Gasteiger partial charge in [0.25, 0.3) is 0 Å². The molecule has 2 unspecified atom stereocenters. The topological polar surface area (TPSA) is 46.2 Å². The number of fused-ring (bicyclic) bond motifs is 3. The highest BCUT2D eigenvalue weighted by Crippen LogP contribution is 2.50. The van der Waals surface area contributed by atoms with Gasteiger partial charge in [0, 0.05) is 0 Å². The zero-order chi connectivity index (χ0) is 9.47. The van der Waals surface area contributed by atoms with Gasteiger partial charge in [0.15, 0.2) is 0 Å². The summed E-state index contributed by atoms with van der Waals surface area (Å²) in [6, 6.07) is 0. The van der Waals surface area contributed by atoms with Crippen molar-refractivity contribution in [3.8, 4) is 0 Å². The maximum absolute atomic E-state index is 10.5. The van der Waals surface area contributed by atoms with Crippen LogP contribution in [0.3, 0.4) is 0 Å². The molecule has 3 aliphatic carbocycles. The second-order valence-corrected chi connectivity index (χ2v) is 5.05. The SMILES string of the molecule is CC(CN)C1(O)CC2CCC1CC2. The molecule has 2 atom stereocenters. The summed E-state index contributed by atoms with van der Waals surface area (Å²) in [6.07, 6.45) is 6.14. The Morgan fingerprint density at radius 2 is 2.00 bits per heavy atom. The fourth-order valence-corrected chi connectivity index (χ4v) is 3.30. The fourth-order valence-electron chi connectivity index (χ4n) is 3.30. The van der Waals surface area contributed by atoms with Crippen LogP contribution in [-0.2, 0) is 0 Å². The van der Waals surface area contributed by atoms with Gasteiger partial charge in [-0.3, -0.25) is 0 Å². The van der Waals surface area contributed by atoms with Gasteiger partial charge in [-0.1, -0.05) is 6.92 Å². The van der Waals surface area contributed by atoms with Crippen molar-refractivity contribution in [2.75, 3.05) is 6.54 Å². The molecule has 0 aliphatic heterocycles. The van der Waals surface area contributed by atoms with E-state index in [0.717, 1.165) is 12.3 Å². The standard InChI is InChI=1S/C11H21NO/c1-8(7-12)11(13)6-9-2-4-10(11)5-3-9/h8-10,13H,2-7,12H2,1H3. The summed E-state index contributed by atoms with van der Waals surface area (Å²) >= 11 is 0. The maximum atomic E-state index is 10.5. The summed E-state index contributed by atoms with van der Waals surface area (Å²) in [6.45, 7) is 2.72. The van der Waals surface area contributed by atoms with Gasteiger partial charge in [-0.2, -0.15) is 0 Å². The van der Waals surface area contributed by atoms with Crippen LogP contribution >= 0.6 is 0 Å². The number of hydrogen-bond acceptors (Lipinski definition) is 2. The average Bonchev–Trinajstić information content (AvgIpc) is 2.18. The van der Waals surface area contributed by atoms with Gasteiger partial charge in [-0.05, 0) is 56.4 Å². The summed E-state index contributed by atoms with van der Waals surface area (Å²) in [5.41, 5.74) is 5.24. The molecule has 0 radical (unpaired) electrons. The minimum absolute atomic E-state index is 0.278. The fraction of sp³-hybridized carbons (Fsp3) is 1.00. The van der Waals surface area contributed by atoms with Crippen molar-refractivity contribution in [3.05, 3.63) is 0 Å². The lowest BCUT2D eigenvalue weighted by molar-refractivity contribution is -0.129. The van der Waals surface area contributed by atoms with Crippen LogP contribution < -0.4 is 5.73 Å². The Labute approximate surface area is 80.5 Å². The van der Waals surface area contributed by atoms with E-state index < -0.39 is 5.60 Å². The molecule has 3 saturated carbocycles. The summed E-state index contributed by atoms with van der Waals surface area (Å²) in [5.74, 6) is 1.60. The number of hydrogen-bond donors (Lipinski definition) is 2. The first-order valence-electron chi connectivity index (χ1n) is 5.59. The van der Waals surface area contributed by atoms with Gasteiger partial charge in [0.2, 0.25) is 0 Å². The van der Waals surface area contributed by atoms with E-state index in [9.17, 15) is 5.11 Å². The van der Waals surface area contributed by atoms with Crippen molar-refractivity contribution in [1.29, 1.82) is 0 Å². The highest BCUT2D eigenvalue weighted by atomic mass is 16.3. The van der Waals surface area contributed by atoms with Crippen molar-refractivity contribution < 1.29 is 5.11 Å². The van der Waals surface area contributed by atoms with Crippen molar-refractivity contribution in [2.24, 2.45) is 23.5 Å². The first-order valence-corrected chi connectivity index (χ1v) is 5.59. The van der Waals surface area contributed by atoms with E-state index >= 15 is 0 Å². The Hall–Kier alpha value is -0.0800. The van der Waals surface area contributed by atoms with Crippen molar-refractivity contribution in [3.63, 3.8) is 0 Å². The second kappa shape index (κ2) is 3.25. The number of rotatable bonds is 2. The molecule has 3 aliphatic rings. The van der Waals surface area contributed by atoms with Gasteiger partial charge in [-0.25, -0.2) is 0 Å². The van der Waals surface area contributed by atoms with Gasteiger partial charge in [0.1, 0.15) is 0 Å². The Balaban J connectivity index is 2.13. The van der Waals surface area contributed by atoms with Gasteiger partial charge in [0.05, 0.1) is 5.60 Å². The van der Waals surface area contributed by atoms with Crippen LogP contribution in [-0.4, -0.2) is 17.3 Å². The highest BCUT2D eigenvalue weighted by molar-refractivity contribution is 5.00. The van der Waals surface area contributed by atoms with Gasteiger partial charge in [-0.15, -0.1) is 0 Å². The van der Waals surface area contributed by atoms with Crippen LogP contribution in [0.2, 0.25) is 0 Å². The Morgan fingerprint density at radius 1 is 1.38 bits per heavy atom. The minimum Gasteiger partial charge on any atom is -0.389 e. The van der Waals surface area contributed by atoms with E-state index in [0.29, 0.717) is 12.5 Å². The molecule has 3 rings (SSSR count). The minimum atomic E-state index is -0.421. The Kier molecular flexibility index (Phi) is 2.37. The normalized spacial score (nSPS) is 46.4. The van der Waals surface area contributed by atoms with Crippen LogP contribution in [0, 0.1) is 17.8 Å². The quantitative estimate of drug-likeness (QED) is 0.682. The largest absolute Gasteiger partial charge is 0.389 e. The molecule has 76 valence electrons. The highest BCUT2D eigenvalue weighted by Gasteiger charge is 2.48. The molecule has 0 aromatic heterocycles. The average molecular weight is 183 g/mol. The molecule has 0 amide bonds. The summed E-state index contributed by atoms with van der Waals surface area (Å²) < 4.78 is 0. The van der Waals surface area contributed by atoms with Crippen LogP contribution in [0.15, 0.2) is 0 Å². The maximum Gasteiger partial charge on any atom is 0.0715 e. The third-order valence-electron chi connectivity index (χ3n) is 4.38. The summed E-state index contributed by atoms with van der Waals surface area (Å²) in [4.78, 5) is 0. The first kappa shape index (κ1) is 9.47. The Morgan fingerprint density at radius 3 is 2.38 bits per heavy atom. The van der Waals surface area contributed by atoms with Crippen LogP contribution in [0.5, 0.6) is 0 Å². The lowest BCUT2D eigenvalue weighted by Crippen LogP contribution is -2.53. The molecule has 2 heteroatoms. The van der Waals surface area contributed by atoms with Crippen molar-refractivity contribution in [1.82, 2.24) is 0 Å². The monoisotopic (exact) mass is 183 g/mol. The van der Waals surface area contributed by atoms with E-state index in [2.05, 4.69) is 6.92 Å². The molecule has 3 fully saturated rings. The van der Waals surface area contributed by atoms with E-state index in [4.69, 9.17) is 5.73 Å². The molecule has 0 saturated heterocycles. The molecular weight excluding hydrogens is 162 g/mol. The molecule has 0 aromatic carbocycles. The third-order valence-corrected chi connectivity index (χ3v) is 4.38. The lowest BCUT2D eigenvalue weighted by atomic mass is 9.58. The summed E-state index contributed by atoms with van der Waals surface area (Å²) in [7, 11) is 0. The van der Waals surface area contributed by atoms with Crippen LogP contribution in [0.25, 0.3) is 0 Å². The van der Waals surface area contributed by atoms with Crippen LogP contribution in [0.4, 0.5) is 0 Å². The Bertz CT molecular complexity index is 187. The lowest BCUT2D eigenvalue weighted by Gasteiger charge is -2.51. The second-order valence-electron chi connectivity index (χ2n) is 5.05. The zero-order valence-corrected chi connectivity index (χ0v) is 8.50. The van der Waals surface area contributed by atoms with Crippen molar-refractivity contribution >= 4 is 0 Å². The molecular formula is C11H21NO. The molecule has 2 bridgehead atoms. The van der Waals surface area contributed by atoms with Crippen LogP contribution in [0.1, 0.15) is 39.0 Å². The van der Waals surface area contributed by atoms with E-state index in [1.54, 1.807) is 0 Å². The molecule has 3 N–H and O–H groups in total. The van der Waals surface area contributed by atoms with Gasteiger partial charge >= 0.3 is 0 Å².